The predicted molar refractivity (Wildman–Crippen MR) is 127 cm³/mol. The van der Waals surface area contributed by atoms with Crippen LogP contribution in [0.3, 0.4) is 0 Å². The Hall–Kier alpha value is -2.18. The van der Waals surface area contributed by atoms with Crippen molar-refractivity contribution in [2.45, 2.75) is 38.5 Å². The van der Waals surface area contributed by atoms with Gasteiger partial charge in [-0.1, -0.05) is 44.0 Å². The normalized spacial score (nSPS) is 15.7. The van der Waals surface area contributed by atoms with Gasteiger partial charge in [-0.2, -0.15) is 0 Å². The number of ketones is 2. The maximum Gasteiger partial charge on any atom is 0.179 e. The molecule has 0 bridgehead atoms. The summed E-state index contributed by atoms with van der Waals surface area (Å²) < 4.78 is 2.12. The first-order valence-electron chi connectivity index (χ1n) is 10.2. The van der Waals surface area contributed by atoms with Crippen molar-refractivity contribution in [1.29, 1.82) is 0 Å². The Morgan fingerprint density at radius 2 is 1.40 bits per heavy atom. The average Bonchev–Trinajstić information content (AvgIpc) is 3.29. The first kappa shape index (κ1) is 19.8. The molecule has 0 saturated carbocycles. The van der Waals surface area contributed by atoms with Crippen molar-refractivity contribution in [1.82, 2.24) is 9.97 Å². The fourth-order valence-corrected chi connectivity index (χ4v) is 5.55. The van der Waals surface area contributed by atoms with Crippen molar-refractivity contribution >= 4 is 65.2 Å². The maximum atomic E-state index is 11.7. The molecule has 152 valence electrons. The van der Waals surface area contributed by atoms with Crippen LogP contribution in [0.5, 0.6) is 0 Å². The summed E-state index contributed by atoms with van der Waals surface area (Å²) in [6, 6.07) is 12.2. The highest BCUT2D eigenvalue weighted by molar-refractivity contribution is 9.11. The molecule has 0 aliphatic heterocycles. The smallest absolute Gasteiger partial charge is 0.179 e. The lowest BCUT2D eigenvalue weighted by Crippen LogP contribution is -2.09. The minimum Gasteiger partial charge on any atom is -0.352 e. The summed E-state index contributed by atoms with van der Waals surface area (Å²) >= 11 is 6.98. The lowest BCUT2D eigenvalue weighted by atomic mass is 9.95. The van der Waals surface area contributed by atoms with E-state index in [0.717, 1.165) is 57.0 Å². The molecule has 0 atom stereocenters. The number of carbonyl (C=O) groups excluding carboxylic acids is 2. The molecule has 2 aliphatic rings. The maximum absolute atomic E-state index is 11.7. The summed E-state index contributed by atoms with van der Waals surface area (Å²) in [6.45, 7) is 0. The number of halogens is 2. The summed E-state index contributed by atoms with van der Waals surface area (Å²) in [5, 5.41) is 2.38. The van der Waals surface area contributed by atoms with E-state index in [-0.39, 0.29) is 11.6 Å². The summed E-state index contributed by atoms with van der Waals surface area (Å²) in [4.78, 5) is 29.9. The van der Waals surface area contributed by atoms with Gasteiger partial charge in [0.25, 0.3) is 0 Å². The highest BCUT2D eigenvalue weighted by Gasteiger charge is 2.23. The number of aromatic amines is 2. The minimum absolute atomic E-state index is 0.249. The standard InChI is InChI=1S/2C12H10BrNO/c13-8-4-2-5-9-11(8)7-3-1-6-10(15)12(7)14-9;13-7-4-5-8-9-2-1-3-11(15)12(9)14-10(8)6-7/h2,4-5,14H,1,3,6H2;4-6,14H,1-3H2. The highest BCUT2D eigenvalue weighted by atomic mass is 79.9. The van der Waals surface area contributed by atoms with Crippen molar-refractivity contribution in [3.8, 4) is 0 Å². The van der Waals surface area contributed by atoms with Crippen molar-refractivity contribution in [3.63, 3.8) is 0 Å². The molecule has 2 aliphatic carbocycles. The number of rotatable bonds is 0. The number of carbonyl (C=O) groups is 2. The van der Waals surface area contributed by atoms with Crippen LogP contribution in [-0.2, 0) is 12.8 Å². The van der Waals surface area contributed by atoms with Crippen LogP contribution in [0.2, 0.25) is 0 Å². The largest absolute Gasteiger partial charge is 0.352 e. The van der Waals surface area contributed by atoms with E-state index in [9.17, 15) is 9.59 Å². The molecule has 30 heavy (non-hydrogen) atoms. The predicted octanol–water partition coefficient (Wildman–Crippen LogP) is 6.90. The number of aryl methyl sites for hydroxylation is 2. The molecular formula is C24H20Br2N2O2. The monoisotopic (exact) mass is 526 g/mol. The zero-order chi connectivity index (χ0) is 20.8. The van der Waals surface area contributed by atoms with Gasteiger partial charge in [0.2, 0.25) is 0 Å². The second-order valence-corrected chi connectivity index (χ2v) is 9.63. The third-order valence-electron chi connectivity index (χ3n) is 5.96. The van der Waals surface area contributed by atoms with Crippen LogP contribution in [-0.4, -0.2) is 21.5 Å². The van der Waals surface area contributed by atoms with Crippen LogP contribution in [0.1, 0.15) is 57.8 Å². The van der Waals surface area contributed by atoms with Gasteiger partial charge in [0.15, 0.2) is 11.6 Å². The Morgan fingerprint density at radius 3 is 2.17 bits per heavy atom. The second kappa shape index (κ2) is 7.82. The quantitative estimate of drug-likeness (QED) is 0.261. The molecule has 0 unspecified atom stereocenters. The van der Waals surface area contributed by atoms with E-state index >= 15 is 0 Å². The Balaban J connectivity index is 0.000000128. The van der Waals surface area contributed by atoms with E-state index < -0.39 is 0 Å². The third-order valence-corrected chi connectivity index (χ3v) is 7.12. The van der Waals surface area contributed by atoms with Gasteiger partial charge in [0.1, 0.15) is 0 Å². The first-order valence-corrected chi connectivity index (χ1v) is 11.8. The Bertz CT molecular complexity index is 1320. The van der Waals surface area contributed by atoms with E-state index in [1.165, 1.54) is 21.9 Å². The minimum atomic E-state index is 0.249. The summed E-state index contributed by atoms with van der Waals surface area (Å²) in [6.07, 6.45) is 5.33. The number of Topliss-reactive ketones (excluding diaryl/α,β-unsaturated/α-hetero) is 2. The molecule has 2 aromatic heterocycles. The van der Waals surface area contributed by atoms with E-state index in [4.69, 9.17) is 0 Å². The van der Waals surface area contributed by atoms with E-state index in [1.807, 2.05) is 30.3 Å². The zero-order valence-electron chi connectivity index (χ0n) is 16.3. The molecule has 0 radical (unpaired) electrons. The topological polar surface area (TPSA) is 65.7 Å². The van der Waals surface area contributed by atoms with Gasteiger partial charge < -0.3 is 9.97 Å². The molecule has 0 fully saturated rings. The van der Waals surface area contributed by atoms with Gasteiger partial charge in [-0.25, -0.2) is 0 Å². The lowest BCUT2D eigenvalue weighted by molar-refractivity contribution is 0.0960. The highest BCUT2D eigenvalue weighted by Crippen LogP contribution is 2.34. The number of benzene rings is 2. The van der Waals surface area contributed by atoms with Crippen LogP contribution in [0, 0.1) is 0 Å². The van der Waals surface area contributed by atoms with Crippen LogP contribution in [0.25, 0.3) is 21.8 Å². The van der Waals surface area contributed by atoms with Gasteiger partial charge >= 0.3 is 0 Å². The lowest BCUT2D eigenvalue weighted by Gasteiger charge is -2.09. The number of aromatic nitrogens is 2. The fraction of sp³-hybridized carbons (Fsp3) is 0.250. The van der Waals surface area contributed by atoms with Crippen molar-refractivity contribution in [2.75, 3.05) is 0 Å². The number of hydrogen-bond acceptors (Lipinski definition) is 2. The first-order chi connectivity index (χ1) is 14.5. The number of fused-ring (bicyclic) bond motifs is 6. The van der Waals surface area contributed by atoms with Crippen LogP contribution < -0.4 is 0 Å². The second-order valence-electron chi connectivity index (χ2n) is 7.86. The molecular weight excluding hydrogens is 508 g/mol. The molecule has 2 heterocycles. The summed E-state index contributed by atoms with van der Waals surface area (Å²) in [5.41, 5.74) is 6.16. The van der Waals surface area contributed by atoms with Crippen LogP contribution >= 0.6 is 31.9 Å². The van der Waals surface area contributed by atoms with E-state index in [1.54, 1.807) is 0 Å². The summed E-state index contributed by atoms with van der Waals surface area (Å²) in [7, 11) is 0. The molecule has 0 spiro atoms. The van der Waals surface area contributed by atoms with E-state index in [0.29, 0.717) is 12.8 Å². The Labute approximate surface area is 190 Å². The fourth-order valence-electron chi connectivity index (χ4n) is 4.59. The van der Waals surface area contributed by atoms with Crippen LogP contribution in [0.15, 0.2) is 45.3 Å². The number of H-pyrrole nitrogens is 2. The van der Waals surface area contributed by atoms with Gasteiger partial charge in [-0.15, -0.1) is 0 Å². The molecule has 0 amide bonds. The molecule has 4 nitrogen and oxygen atoms in total. The molecule has 0 saturated heterocycles. The number of hydrogen-bond donors (Lipinski definition) is 2. The van der Waals surface area contributed by atoms with Gasteiger partial charge in [0.05, 0.1) is 11.4 Å². The van der Waals surface area contributed by atoms with Gasteiger partial charge in [0, 0.05) is 43.6 Å². The molecule has 6 rings (SSSR count). The van der Waals surface area contributed by atoms with Gasteiger partial charge in [-0.05, 0) is 61.1 Å². The van der Waals surface area contributed by atoms with Crippen LogP contribution in [0.4, 0.5) is 0 Å². The Morgan fingerprint density at radius 1 is 0.733 bits per heavy atom. The van der Waals surface area contributed by atoms with Crippen molar-refractivity contribution in [2.24, 2.45) is 0 Å². The average molecular weight is 528 g/mol. The van der Waals surface area contributed by atoms with Crippen molar-refractivity contribution < 1.29 is 9.59 Å². The van der Waals surface area contributed by atoms with E-state index in [2.05, 4.69) is 47.9 Å². The summed E-state index contributed by atoms with van der Waals surface area (Å²) in [5.74, 6) is 0.503. The number of nitrogens with one attached hydrogen (secondary N) is 2. The molecule has 4 aromatic rings. The molecule has 2 N–H and O–H groups in total. The third kappa shape index (κ3) is 3.36. The SMILES string of the molecule is O=C1CCCc2c1[nH]c1cc(Br)ccc21.O=C1CCCc2c1[nH]c1cccc(Br)c21. The zero-order valence-corrected chi connectivity index (χ0v) is 19.5. The Kier molecular flexibility index (Phi) is 5.15. The van der Waals surface area contributed by atoms with Gasteiger partial charge in [-0.3, -0.25) is 9.59 Å². The molecule has 6 heteroatoms. The van der Waals surface area contributed by atoms with Crippen molar-refractivity contribution in [3.05, 3.63) is 67.9 Å². The molecule has 2 aromatic carbocycles.